The zero-order valence-corrected chi connectivity index (χ0v) is 20.1. The Morgan fingerprint density at radius 1 is 1.06 bits per heavy atom. The summed E-state index contributed by atoms with van der Waals surface area (Å²) in [6.45, 7) is 4.60. The van der Waals surface area contributed by atoms with Gasteiger partial charge in [-0.25, -0.2) is 0 Å². The van der Waals surface area contributed by atoms with E-state index in [4.69, 9.17) is 4.42 Å². The van der Waals surface area contributed by atoms with Crippen LogP contribution in [0.25, 0.3) is 28.3 Å². The van der Waals surface area contributed by atoms with Crippen molar-refractivity contribution in [3.63, 3.8) is 0 Å². The van der Waals surface area contributed by atoms with E-state index in [1.54, 1.807) is 6.26 Å². The molecule has 5 rings (SSSR count). The SMILES string of the molecule is Cc1ccc(CNC(=O)CSc2nnc(-c3cc4occc4n3C)n2-c2ccccc2C)cc1. The molecule has 7 nitrogen and oxygen atoms in total. The van der Waals surface area contributed by atoms with Gasteiger partial charge in [-0.2, -0.15) is 0 Å². The molecule has 3 aromatic heterocycles. The molecule has 5 aromatic rings. The fourth-order valence-electron chi connectivity index (χ4n) is 3.91. The summed E-state index contributed by atoms with van der Waals surface area (Å²) in [5.74, 6) is 0.888. The molecule has 0 aliphatic heterocycles. The van der Waals surface area contributed by atoms with Gasteiger partial charge < -0.3 is 14.3 Å². The lowest BCUT2D eigenvalue weighted by Gasteiger charge is -2.13. The van der Waals surface area contributed by atoms with Crippen LogP contribution in [-0.2, 0) is 18.4 Å². The van der Waals surface area contributed by atoms with E-state index in [-0.39, 0.29) is 11.7 Å². The molecule has 3 heterocycles. The van der Waals surface area contributed by atoms with Crippen molar-refractivity contribution in [2.45, 2.75) is 25.5 Å². The summed E-state index contributed by atoms with van der Waals surface area (Å²) in [5.41, 5.74) is 7.00. The second-order valence-corrected chi connectivity index (χ2v) is 9.18. The van der Waals surface area contributed by atoms with E-state index in [9.17, 15) is 4.79 Å². The molecule has 0 saturated carbocycles. The first-order valence-corrected chi connectivity index (χ1v) is 12.0. The average Bonchev–Trinajstić information content (AvgIpc) is 3.54. The number of carbonyl (C=O) groups is 1. The summed E-state index contributed by atoms with van der Waals surface area (Å²) >= 11 is 1.37. The maximum absolute atomic E-state index is 12.6. The Morgan fingerprint density at radius 3 is 2.62 bits per heavy atom. The van der Waals surface area contributed by atoms with Crippen molar-refractivity contribution in [3.05, 3.63) is 83.6 Å². The Balaban J connectivity index is 1.41. The van der Waals surface area contributed by atoms with Crippen LogP contribution in [0.2, 0.25) is 0 Å². The summed E-state index contributed by atoms with van der Waals surface area (Å²) in [6.07, 6.45) is 1.68. The number of rotatable bonds is 7. The van der Waals surface area contributed by atoms with Crippen LogP contribution >= 0.6 is 11.8 Å². The number of benzene rings is 2. The molecule has 0 aliphatic carbocycles. The number of fused-ring (bicyclic) bond motifs is 1. The average molecular weight is 472 g/mol. The minimum atomic E-state index is -0.0529. The normalized spacial score (nSPS) is 11.3. The molecule has 2 aromatic carbocycles. The predicted octanol–water partition coefficient (Wildman–Crippen LogP) is 5.04. The molecular weight excluding hydrogens is 446 g/mol. The quantitative estimate of drug-likeness (QED) is 0.336. The van der Waals surface area contributed by atoms with Gasteiger partial charge in [0.2, 0.25) is 5.91 Å². The third kappa shape index (κ3) is 4.24. The summed E-state index contributed by atoms with van der Waals surface area (Å²) in [7, 11) is 1.98. The fourth-order valence-corrected chi connectivity index (χ4v) is 4.69. The molecule has 0 radical (unpaired) electrons. The van der Waals surface area contributed by atoms with Crippen LogP contribution in [0.5, 0.6) is 0 Å². The predicted molar refractivity (Wildman–Crippen MR) is 134 cm³/mol. The van der Waals surface area contributed by atoms with Crippen molar-refractivity contribution in [1.82, 2.24) is 24.6 Å². The number of carbonyl (C=O) groups excluding carboxylic acids is 1. The Bertz CT molecular complexity index is 1460. The lowest BCUT2D eigenvalue weighted by atomic mass is 10.1. The lowest BCUT2D eigenvalue weighted by molar-refractivity contribution is -0.118. The number of aryl methyl sites for hydroxylation is 3. The van der Waals surface area contributed by atoms with Crippen molar-refractivity contribution in [2.75, 3.05) is 5.75 Å². The van der Waals surface area contributed by atoms with E-state index in [1.807, 2.05) is 77.7 Å². The Labute approximate surface area is 201 Å². The van der Waals surface area contributed by atoms with Gasteiger partial charge in [-0.05, 0) is 31.0 Å². The highest BCUT2D eigenvalue weighted by Gasteiger charge is 2.22. The fraction of sp³-hybridized carbons (Fsp3) is 0.192. The largest absolute Gasteiger partial charge is 0.463 e. The maximum Gasteiger partial charge on any atom is 0.230 e. The van der Waals surface area contributed by atoms with E-state index in [0.29, 0.717) is 17.5 Å². The smallest absolute Gasteiger partial charge is 0.230 e. The molecule has 172 valence electrons. The topological polar surface area (TPSA) is 77.9 Å². The highest BCUT2D eigenvalue weighted by atomic mass is 32.2. The van der Waals surface area contributed by atoms with Gasteiger partial charge in [0.1, 0.15) is 0 Å². The van der Waals surface area contributed by atoms with E-state index < -0.39 is 0 Å². The molecule has 1 amide bonds. The number of furan rings is 1. The van der Waals surface area contributed by atoms with Gasteiger partial charge in [-0.15, -0.1) is 10.2 Å². The van der Waals surface area contributed by atoms with Crippen LogP contribution in [0.1, 0.15) is 16.7 Å². The van der Waals surface area contributed by atoms with Crippen LogP contribution < -0.4 is 5.32 Å². The summed E-state index contributed by atoms with van der Waals surface area (Å²) in [6, 6.07) is 20.1. The molecule has 0 aliphatic rings. The van der Waals surface area contributed by atoms with Crippen molar-refractivity contribution >= 4 is 28.8 Å². The van der Waals surface area contributed by atoms with Gasteiger partial charge in [0.15, 0.2) is 16.6 Å². The van der Waals surface area contributed by atoms with Crippen molar-refractivity contribution in [2.24, 2.45) is 7.05 Å². The van der Waals surface area contributed by atoms with Crippen LogP contribution in [0, 0.1) is 13.8 Å². The number of hydrogen-bond acceptors (Lipinski definition) is 5. The second kappa shape index (κ2) is 9.23. The second-order valence-electron chi connectivity index (χ2n) is 8.24. The lowest BCUT2D eigenvalue weighted by Crippen LogP contribution is -2.24. The Morgan fingerprint density at radius 2 is 1.85 bits per heavy atom. The molecule has 34 heavy (non-hydrogen) atoms. The van der Waals surface area contributed by atoms with Crippen LogP contribution in [0.15, 0.2) is 76.5 Å². The molecule has 0 unspecified atom stereocenters. The van der Waals surface area contributed by atoms with Crippen molar-refractivity contribution < 1.29 is 9.21 Å². The molecule has 0 saturated heterocycles. The van der Waals surface area contributed by atoms with E-state index in [1.165, 1.54) is 17.3 Å². The highest BCUT2D eigenvalue weighted by Crippen LogP contribution is 2.32. The molecule has 0 fully saturated rings. The summed E-state index contributed by atoms with van der Waals surface area (Å²) in [4.78, 5) is 12.6. The minimum absolute atomic E-state index is 0.0529. The molecule has 0 atom stereocenters. The molecule has 1 N–H and O–H groups in total. The standard InChI is InChI=1S/C26H25N5O2S/c1-17-8-10-19(11-9-17)15-27-24(32)16-34-26-29-28-25(31(26)20-7-5-4-6-18(20)2)22-14-23-21(30(22)3)12-13-33-23/h4-14H,15-16H2,1-3H3,(H,27,32). The van der Waals surface area contributed by atoms with E-state index >= 15 is 0 Å². The first kappa shape index (κ1) is 22.0. The zero-order chi connectivity index (χ0) is 23.7. The van der Waals surface area contributed by atoms with Crippen molar-refractivity contribution in [3.8, 4) is 17.2 Å². The number of aromatic nitrogens is 4. The monoisotopic (exact) mass is 471 g/mol. The highest BCUT2D eigenvalue weighted by molar-refractivity contribution is 7.99. The minimum Gasteiger partial charge on any atom is -0.463 e. The number of amides is 1. The first-order valence-electron chi connectivity index (χ1n) is 11.0. The zero-order valence-electron chi connectivity index (χ0n) is 19.3. The van der Waals surface area contributed by atoms with Gasteiger partial charge in [0.05, 0.1) is 28.9 Å². The Kier molecular flexibility index (Phi) is 5.98. The van der Waals surface area contributed by atoms with Gasteiger partial charge in [-0.3, -0.25) is 9.36 Å². The van der Waals surface area contributed by atoms with E-state index in [2.05, 4.69) is 28.5 Å². The van der Waals surface area contributed by atoms with Crippen molar-refractivity contribution in [1.29, 1.82) is 0 Å². The number of nitrogens with one attached hydrogen (secondary N) is 1. The van der Waals surface area contributed by atoms with Gasteiger partial charge in [0.25, 0.3) is 0 Å². The van der Waals surface area contributed by atoms with Crippen LogP contribution in [-0.4, -0.2) is 31.0 Å². The number of nitrogens with zero attached hydrogens (tertiary/aromatic N) is 4. The Hall–Kier alpha value is -3.78. The van der Waals surface area contributed by atoms with Gasteiger partial charge in [0, 0.05) is 25.7 Å². The molecule has 8 heteroatoms. The number of hydrogen-bond donors (Lipinski definition) is 1. The molecular formula is C26H25N5O2S. The molecule has 0 spiro atoms. The molecule has 0 bridgehead atoms. The van der Waals surface area contributed by atoms with Gasteiger partial charge >= 0.3 is 0 Å². The third-order valence-corrected chi connectivity index (χ3v) is 6.75. The maximum atomic E-state index is 12.6. The first-order chi connectivity index (χ1) is 16.5. The number of para-hydroxylation sites is 1. The summed E-state index contributed by atoms with van der Waals surface area (Å²) in [5, 5.41) is 12.6. The van der Waals surface area contributed by atoms with Crippen LogP contribution in [0.4, 0.5) is 0 Å². The summed E-state index contributed by atoms with van der Waals surface area (Å²) < 4.78 is 9.65. The van der Waals surface area contributed by atoms with E-state index in [0.717, 1.165) is 33.6 Å². The third-order valence-electron chi connectivity index (χ3n) is 5.83. The van der Waals surface area contributed by atoms with Gasteiger partial charge in [-0.1, -0.05) is 59.8 Å². The number of thioether (sulfide) groups is 1. The van der Waals surface area contributed by atoms with Crippen LogP contribution in [0.3, 0.4) is 0 Å².